The molecule has 0 spiro atoms. The van der Waals surface area contributed by atoms with Crippen LogP contribution in [0, 0.1) is 0 Å². The molecule has 0 saturated heterocycles. The van der Waals surface area contributed by atoms with Crippen molar-refractivity contribution < 1.29 is 23.1 Å². The zero-order chi connectivity index (χ0) is 23.8. The van der Waals surface area contributed by atoms with Gasteiger partial charge in [0.1, 0.15) is 5.75 Å². The molecule has 3 rings (SSSR count). The Bertz CT molecular complexity index is 1180. The van der Waals surface area contributed by atoms with Gasteiger partial charge in [-0.3, -0.25) is 4.79 Å². The number of rotatable bonds is 11. The first-order valence-electron chi connectivity index (χ1n) is 10.2. The summed E-state index contributed by atoms with van der Waals surface area (Å²) in [6, 6.07) is 19.6. The summed E-state index contributed by atoms with van der Waals surface area (Å²) in [6.07, 6.45) is 0.0119. The molecule has 3 aromatic rings. The Labute approximate surface area is 198 Å². The maximum Gasteiger partial charge on any atom is 0.255 e. The average Bonchev–Trinajstić information content (AvgIpc) is 2.81. The second kappa shape index (κ2) is 11.3. The van der Waals surface area contributed by atoms with Gasteiger partial charge in [0.25, 0.3) is 5.91 Å². The molecule has 0 heterocycles. The summed E-state index contributed by atoms with van der Waals surface area (Å²) in [4.78, 5) is 11.1. The van der Waals surface area contributed by atoms with Crippen molar-refractivity contribution in [2.45, 2.75) is 22.3 Å². The second-order valence-corrected chi connectivity index (χ2v) is 9.78. The number of primary amides is 1. The molecule has 0 unspecified atom stereocenters. The van der Waals surface area contributed by atoms with Crippen LogP contribution in [0.2, 0.25) is 5.02 Å². The summed E-state index contributed by atoms with van der Waals surface area (Å²) in [7, 11) is -3.68. The van der Waals surface area contributed by atoms with E-state index in [-0.39, 0.29) is 16.4 Å². The Kier molecular flexibility index (Phi) is 8.46. The van der Waals surface area contributed by atoms with Crippen molar-refractivity contribution in [3.05, 3.63) is 88.9 Å². The van der Waals surface area contributed by atoms with Crippen molar-refractivity contribution in [3.8, 4) is 5.75 Å². The number of halogens is 1. The highest BCUT2D eigenvalue weighted by molar-refractivity contribution is 7.91. The number of nitrogens with one attached hydrogen (secondary N) is 1. The topological polar surface area (TPSA) is 119 Å². The van der Waals surface area contributed by atoms with E-state index >= 15 is 0 Å². The smallest absolute Gasteiger partial charge is 0.255 e. The lowest BCUT2D eigenvalue weighted by Gasteiger charge is -2.13. The summed E-state index contributed by atoms with van der Waals surface area (Å²) in [5.41, 5.74) is 6.74. The molecule has 0 fully saturated rings. The largest absolute Gasteiger partial charge is 0.484 e. The van der Waals surface area contributed by atoms with Crippen molar-refractivity contribution in [3.63, 3.8) is 0 Å². The Balaban J connectivity index is 1.53. The lowest BCUT2D eigenvalue weighted by atomic mass is 10.1. The lowest BCUT2D eigenvalue weighted by Crippen LogP contribution is -2.23. The van der Waals surface area contributed by atoms with Crippen LogP contribution < -0.4 is 15.8 Å². The van der Waals surface area contributed by atoms with Crippen molar-refractivity contribution in [2.75, 3.05) is 19.7 Å². The van der Waals surface area contributed by atoms with Gasteiger partial charge in [-0.25, -0.2) is 8.42 Å². The molecule has 0 aliphatic heterocycles. The van der Waals surface area contributed by atoms with Gasteiger partial charge < -0.3 is 20.9 Å². The first-order chi connectivity index (χ1) is 15.8. The SMILES string of the molecule is NC(=O)COc1ccc(S(=O)(=O)c2ccc(CCNC[C@H](O)c3cccc(Cl)c3)cc2)cc1. The minimum atomic E-state index is -3.68. The molecule has 3 aromatic carbocycles. The molecule has 0 radical (unpaired) electrons. The van der Waals surface area contributed by atoms with Crippen LogP contribution in [0.1, 0.15) is 17.2 Å². The summed E-state index contributed by atoms with van der Waals surface area (Å²) >= 11 is 5.95. The van der Waals surface area contributed by atoms with Crippen molar-refractivity contribution >= 4 is 27.3 Å². The third-order valence-corrected chi connectivity index (χ3v) is 6.93. The fraction of sp³-hybridized carbons (Fsp3) is 0.208. The van der Waals surface area contributed by atoms with E-state index in [1.54, 1.807) is 42.5 Å². The van der Waals surface area contributed by atoms with Crippen LogP contribution >= 0.6 is 11.6 Å². The molecule has 0 aliphatic carbocycles. The number of nitrogens with two attached hydrogens (primary N) is 1. The number of aliphatic hydroxyl groups is 1. The number of ether oxygens (including phenoxy) is 1. The van der Waals surface area contributed by atoms with E-state index in [1.807, 2.05) is 6.07 Å². The van der Waals surface area contributed by atoms with Gasteiger partial charge in [0.2, 0.25) is 9.84 Å². The van der Waals surface area contributed by atoms with Gasteiger partial charge >= 0.3 is 0 Å². The van der Waals surface area contributed by atoms with Gasteiger partial charge in [0.05, 0.1) is 15.9 Å². The molecule has 33 heavy (non-hydrogen) atoms. The van der Waals surface area contributed by atoms with Gasteiger partial charge in [-0.15, -0.1) is 0 Å². The quantitative estimate of drug-likeness (QED) is 0.357. The van der Waals surface area contributed by atoms with Crippen LogP contribution in [0.25, 0.3) is 0 Å². The van der Waals surface area contributed by atoms with E-state index in [0.29, 0.717) is 30.3 Å². The number of amides is 1. The van der Waals surface area contributed by atoms with Gasteiger partial charge in [0.15, 0.2) is 6.61 Å². The molecule has 9 heteroatoms. The minimum Gasteiger partial charge on any atom is -0.484 e. The predicted molar refractivity (Wildman–Crippen MR) is 126 cm³/mol. The zero-order valence-corrected chi connectivity index (χ0v) is 19.4. The highest BCUT2D eigenvalue weighted by atomic mass is 35.5. The Morgan fingerprint density at radius 2 is 1.67 bits per heavy atom. The molecule has 0 aromatic heterocycles. The minimum absolute atomic E-state index is 0.123. The molecular weight excluding hydrogens is 464 g/mol. The number of benzene rings is 3. The van der Waals surface area contributed by atoms with E-state index in [0.717, 1.165) is 11.1 Å². The first-order valence-corrected chi connectivity index (χ1v) is 12.1. The van der Waals surface area contributed by atoms with E-state index in [2.05, 4.69) is 5.32 Å². The first kappa shape index (κ1) is 24.7. The van der Waals surface area contributed by atoms with Gasteiger partial charge in [-0.1, -0.05) is 35.9 Å². The molecule has 0 saturated carbocycles. The van der Waals surface area contributed by atoms with E-state index in [1.165, 1.54) is 24.3 Å². The summed E-state index contributed by atoms with van der Waals surface area (Å²) in [5.74, 6) is -0.254. The van der Waals surface area contributed by atoms with E-state index in [4.69, 9.17) is 22.1 Å². The Hall–Kier alpha value is -2.91. The van der Waals surface area contributed by atoms with Crippen molar-refractivity contribution in [1.82, 2.24) is 5.32 Å². The highest BCUT2D eigenvalue weighted by Gasteiger charge is 2.17. The fourth-order valence-corrected chi connectivity index (χ4v) is 4.60. The number of hydrogen-bond donors (Lipinski definition) is 3. The molecule has 1 atom stereocenters. The monoisotopic (exact) mass is 488 g/mol. The number of carbonyl (C=O) groups excluding carboxylic acids is 1. The third-order valence-electron chi connectivity index (χ3n) is 4.91. The number of carbonyl (C=O) groups is 1. The van der Waals surface area contributed by atoms with E-state index < -0.39 is 21.8 Å². The molecule has 174 valence electrons. The molecule has 0 aliphatic rings. The van der Waals surface area contributed by atoms with Crippen molar-refractivity contribution in [1.29, 1.82) is 0 Å². The molecule has 7 nitrogen and oxygen atoms in total. The van der Waals surface area contributed by atoms with Crippen molar-refractivity contribution in [2.24, 2.45) is 5.73 Å². The molecule has 1 amide bonds. The third kappa shape index (κ3) is 7.03. The summed E-state index contributed by atoms with van der Waals surface area (Å²) < 4.78 is 30.9. The number of aliphatic hydroxyl groups excluding tert-OH is 1. The summed E-state index contributed by atoms with van der Waals surface area (Å²) in [6.45, 7) is 0.727. The standard InChI is InChI=1S/C24H25ClN2O5S/c25-19-3-1-2-18(14-19)23(28)15-27-13-12-17-4-8-21(9-5-17)33(30,31)22-10-6-20(7-11-22)32-16-24(26)29/h1-11,14,23,27-28H,12-13,15-16H2,(H2,26,29)/t23-/m0/s1. The van der Waals surface area contributed by atoms with E-state index in [9.17, 15) is 18.3 Å². The second-order valence-electron chi connectivity index (χ2n) is 7.40. The molecule has 4 N–H and O–H groups in total. The number of sulfone groups is 1. The maximum absolute atomic E-state index is 12.9. The van der Waals surface area contributed by atoms with Gasteiger partial charge in [0, 0.05) is 11.6 Å². The fourth-order valence-electron chi connectivity index (χ4n) is 3.14. The maximum atomic E-state index is 12.9. The van der Waals surface area contributed by atoms with Crippen LogP contribution in [0.3, 0.4) is 0 Å². The normalized spacial score (nSPS) is 12.3. The van der Waals surface area contributed by atoms with Crippen LogP contribution in [-0.4, -0.2) is 39.1 Å². The Morgan fingerprint density at radius 3 is 2.27 bits per heavy atom. The summed E-state index contributed by atoms with van der Waals surface area (Å²) in [5, 5.41) is 14.0. The van der Waals surface area contributed by atoms with Crippen LogP contribution in [0.5, 0.6) is 5.75 Å². The average molecular weight is 489 g/mol. The Morgan fingerprint density at radius 1 is 1.03 bits per heavy atom. The van der Waals surface area contributed by atoms with Gasteiger partial charge in [-0.05, 0) is 72.6 Å². The molecular formula is C24H25ClN2O5S. The predicted octanol–water partition coefficient (Wildman–Crippen LogP) is 2.90. The number of hydrogen-bond acceptors (Lipinski definition) is 6. The zero-order valence-electron chi connectivity index (χ0n) is 17.8. The van der Waals surface area contributed by atoms with Gasteiger partial charge in [-0.2, -0.15) is 0 Å². The highest BCUT2D eigenvalue weighted by Crippen LogP contribution is 2.23. The van der Waals surface area contributed by atoms with Crippen LogP contribution in [-0.2, 0) is 21.1 Å². The molecule has 0 bridgehead atoms. The van der Waals surface area contributed by atoms with Crippen LogP contribution in [0.15, 0.2) is 82.6 Å². The van der Waals surface area contributed by atoms with Crippen LogP contribution in [0.4, 0.5) is 0 Å². The lowest BCUT2D eigenvalue weighted by molar-refractivity contribution is -0.119.